The SMILES string of the molecule is CC1CC1CNC(=O)Cc1ccc(C(=O)O)cc1. The second-order valence-corrected chi connectivity index (χ2v) is 4.96. The zero-order valence-electron chi connectivity index (χ0n) is 10.3. The van der Waals surface area contributed by atoms with E-state index in [1.54, 1.807) is 12.1 Å². The summed E-state index contributed by atoms with van der Waals surface area (Å²) in [5.74, 6) is 0.425. The first-order valence-corrected chi connectivity index (χ1v) is 6.15. The normalized spacial score (nSPS) is 21.4. The van der Waals surface area contributed by atoms with Crippen molar-refractivity contribution in [1.82, 2.24) is 5.32 Å². The van der Waals surface area contributed by atoms with Crippen molar-refractivity contribution in [3.8, 4) is 0 Å². The van der Waals surface area contributed by atoms with Crippen molar-refractivity contribution in [2.75, 3.05) is 6.54 Å². The second kappa shape index (κ2) is 5.21. The number of nitrogens with one attached hydrogen (secondary N) is 1. The molecule has 96 valence electrons. The summed E-state index contributed by atoms with van der Waals surface area (Å²) in [6.07, 6.45) is 1.51. The van der Waals surface area contributed by atoms with Gasteiger partial charge in [0.25, 0.3) is 0 Å². The van der Waals surface area contributed by atoms with Crippen molar-refractivity contribution in [3.63, 3.8) is 0 Å². The molecule has 1 fully saturated rings. The molecule has 2 unspecified atom stereocenters. The highest BCUT2D eigenvalue weighted by Crippen LogP contribution is 2.36. The zero-order chi connectivity index (χ0) is 13.1. The minimum Gasteiger partial charge on any atom is -0.478 e. The summed E-state index contributed by atoms with van der Waals surface area (Å²) in [7, 11) is 0. The van der Waals surface area contributed by atoms with E-state index < -0.39 is 5.97 Å². The molecule has 0 aliphatic heterocycles. The largest absolute Gasteiger partial charge is 0.478 e. The molecule has 2 atom stereocenters. The van der Waals surface area contributed by atoms with Crippen LogP contribution < -0.4 is 5.32 Å². The molecule has 4 nitrogen and oxygen atoms in total. The van der Waals surface area contributed by atoms with Gasteiger partial charge in [0.05, 0.1) is 12.0 Å². The Kier molecular flexibility index (Phi) is 3.65. The molecular formula is C14H17NO3. The summed E-state index contributed by atoms with van der Waals surface area (Å²) in [4.78, 5) is 22.3. The van der Waals surface area contributed by atoms with Gasteiger partial charge in [-0.2, -0.15) is 0 Å². The molecule has 0 bridgehead atoms. The highest BCUT2D eigenvalue weighted by atomic mass is 16.4. The lowest BCUT2D eigenvalue weighted by atomic mass is 10.1. The molecule has 0 heterocycles. The topological polar surface area (TPSA) is 66.4 Å². The third-order valence-electron chi connectivity index (χ3n) is 3.40. The molecule has 1 aliphatic rings. The average Bonchev–Trinajstić information content (AvgIpc) is 3.03. The number of carboxylic acid groups (broad SMARTS) is 1. The van der Waals surface area contributed by atoms with Gasteiger partial charge in [0.2, 0.25) is 5.91 Å². The third kappa shape index (κ3) is 3.32. The Hall–Kier alpha value is -1.84. The van der Waals surface area contributed by atoms with Gasteiger partial charge in [-0.1, -0.05) is 19.1 Å². The Morgan fingerprint density at radius 1 is 1.33 bits per heavy atom. The van der Waals surface area contributed by atoms with Gasteiger partial charge in [-0.15, -0.1) is 0 Å². The van der Waals surface area contributed by atoms with E-state index in [0.29, 0.717) is 12.3 Å². The van der Waals surface area contributed by atoms with Crippen LogP contribution in [0.1, 0.15) is 29.3 Å². The molecule has 1 saturated carbocycles. The first kappa shape index (κ1) is 12.6. The van der Waals surface area contributed by atoms with E-state index in [1.165, 1.54) is 18.6 Å². The van der Waals surface area contributed by atoms with Crippen molar-refractivity contribution >= 4 is 11.9 Å². The molecule has 1 aliphatic carbocycles. The van der Waals surface area contributed by atoms with Crippen LogP contribution >= 0.6 is 0 Å². The summed E-state index contributed by atoms with van der Waals surface area (Å²) in [5.41, 5.74) is 1.08. The maximum atomic E-state index is 11.6. The quantitative estimate of drug-likeness (QED) is 0.832. The predicted octanol–water partition coefficient (Wildman–Crippen LogP) is 1.70. The molecule has 1 aromatic rings. The Morgan fingerprint density at radius 2 is 1.94 bits per heavy atom. The van der Waals surface area contributed by atoms with Crippen LogP contribution in [-0.2, 0) is 11.2 Å². The van der Waals surface area contributed by atoms with E-state index in [0.717, 1.165) is 18.0 Å². The van der Waals surface area contributed by atoms with E-state index in [-0.39, 0.29) is 11.5 Å². The summed E-state index contributed by atoms with van der Waals surface area (Å²) in [5, 5.41) is 11.7. The number of carbonyl (C=O) groups excluding carboxylic acids is 1. The number of benzene rings is 1. The average molecular weight is 247 g/mol. The number of hydrogen-bond donors (Lipinski definition) is 2. The van der Waals surface area contributed by atoms with Gasteiger partial charge in [0, 0.05) is 6.54 Å². The van der Waals surface area contributed by atoms with Crippen LogP contribution in [0.4, 0.5) is 0 Å². The fraction of sp³-hybridized carbons (Fsp3) is 0.429. The fourth-order valence-electron chi connectivity index (χ4n) is 1.94. The zero-order valence-corrected chi connectivity index (χ0v) is 10.3. The fourth-order valence-corrected chi connectivity index (χ4v) is 1.94. The first-order valence-electron chi connectivity index (χ1n) is 6.15. The monoisotopic (exact) mass is 247 g/mol. The number of carbonyl (C=O) groups is 2. The van der Waals surface area contributed by atoms with Gasteiger partial charge < -0.3 is 10.4 Å². The molecule has 0 aromatic heterocycles. The van der Waals surface area contributed by atoms with Crippen LogP contribution in [-0.4, -0.2) is 23.5 Å². The van der Waals surface area contributed by atoms with E-state index >= 15 is 0 Å². The summed E-state index contributed by atoms with van der Waals surface area (Å²) in [6, 6.07) is 6.41. The lowest BCUT2D eigenvalue weighted by molar-refractivity contribution is -0.120. The molecule has 0 radical (unpaired) electrons. The van der Waals surface area contributed by atoms with Crippen LogP contribution in [0, 0.1) is 11.8 Å². The number of carboxylic acids is 1. The van der Waals surface area contributed by atoms with Gasteiger partial charge in [0.15, 0.2) is 0 Å². The van der Waals surface area contributed by atoms with Gasteiger partial charge in [-0.25, -0.2) is 4.79 Å². The molecule has 2 rings (SSSR count). The number of rotatable bonds is 5. The van der Waals surface area contributed by atoms with E-state index in [1.807, 2.05) is 0 Å². The highest BCUT2D eigenvalue weighted by Gasteiger charge is 2.32. The molecule has 0 saturated heterocycles. The molecule has 0 spiro atoms. The lowest BCUT2D eigenvalue weighted by Crippen LogP contribution is -2.27. The first-order chi connectivity index (χ1) is 8.56. The molecule has 4 heteroatoms. The Balaban J connectivity index is 1.81. The maximum Gasteiger partial charge on any atom is 0.335 e. The van der Waals surface area contributed by atoms with Crippen molar-refractivity contribution in [3.05, 3.63) is 35.4 Å². The Labute approximate surface area is 106 Å². The molecule has 18 heavy (non-hydrogen) atoms. The molecule has 2 N–H and O–H groups in total. The van der Waals surface area contributed by atoms with Crippen molar-refractivity contribution in [1.29, 1.82) is 0 Å². The predicted molar refractivity (Wildman–Crippen MR) is 67.4 cm³/mol. The van der Waals surface area contributed by atoms with Gasteiger partial charge in [0.1, 0.15) is 0 Å². The Bertz CT molecular complexity index is 453. The van der Waals surface area contributed by atoms with E-state index in [9.17, 15) is 9.59 Å². The third-order valence-corrected chi connectivity index (χ3v) is 3.40. The molecular weight excluding hydrogens is 230 g/mol. The summed E-state index contributed by atoms with van der Waals surface area (Å²) < 4.78 is 0. The molecule has 1 aromatic carbocycles. The van der Waals surface area contributed by atoms with Gasteiger partial charge in [-0.05, 0) is 36.0 Å². The maximum absolute atomic E-state index is 11.6. The van der Waals surface area contributed by atoms with Crippen LogP contribution in [0.5, 0.6) is 0 Å². The Morgan fingerprint density at radius 3 is 2.44 bits per heavy atom. The molecule has 1 amide bonds. The second-order valence-electron chi connectivity index (χ2n) is 4.96. The van der Waals surface area contributed by atoms with Crippen LogP contribution in [0.3, 0.4) is 0 Å². The van der Waals surface area contributed by atoms with Crippen molar-refractivity contribution in [2.24, 2.45) is 11.8 Å². The summed E-state index contributed by atoms with van der Waals surface area (Å²) in [6.45, 7) is 2.94. The van der Waals surface area contributed by atoms with E-state index in [4.69, 9.17) is 5.11 Å². The minimum absolute atomic E-state index is 0.00262. The minimum atomic E-state index is -0.950. The number of amides is 1. The smallest absolute Gasteiger partial charge is 0.335 e. The number of aromatic carboxylic acids is 1. The van der Waals surface area contributed by atoms with Crippen LogP contribution in [0.15, 0.2) is 24.3 Å². The van der Waals surface area contributed by atoms with E-state index in [2.05, 4.69) is 12.2 Å². The van der Waals surface area contributed by atoms with Gasteiger partial charge >= 0.3 is 5.97 Å². The van der Waals surface area contributed by atoms with Crippen molar-refractivity contribution < 1.29 is 14.7 Å². The lowest BCUT2D eigenvalue weighted by Gasteiger charge is -2.04. The van der Waals surface area contributed by atoms with Crippen molar-refractivity contribution in [2.45, 2.75) is 19.8 Å². The highest BCUT2D eigenvalue weighted by molar-refractivity contribution is 5.87. The number of hydrogen-bond acceptors (Lipinski definition) is 2. The van der Waals surface area contributed by atoms with Crippen LogP contribution in [0.25, 0.3) is 0 Å². The van der Waals surface area contributed by atoms with Crippen LogP contribution in [0.2, 0.25) is 0 Å². The standard InChI is InChI=1S/C14H17NO3/c1-9-6-12(9)8-15-13(16)7-10-2-4-11(5-3-10)14(17)18/h2-5,9,12H,6-8H2,1H3,(H,15,16)(H,17,18). The summed E-state index contributed by atoms with van der Waals surface area (Å²) >= 11 is 0. The van der Waals surface area contributed by atoms with Gasteiger partial charge in [-0.3, -0.25) is 4.79 Å².